The zero-order valence-electron chi connectivity index (χ0n) is 12.1. The Balaban J connectivity index is 1.76. The second kappa shape index (κ2) is 5.80. The summed E-state index contributed by atoms with van der Waals surface area (Å²) in [5.74, 6) is 0.544. The van der Waals surface area contributed by atoms with E-state index in [1.165, 1.54) is 6.42 Å². The van der Waals surface area contributed by atoms with Gasteiger partial charge in [-0.2, -0.15) is 0 Å². The lowest BCUT2D eigenvalue weighted by Gasteiger charge is -2.36. The van der Waals surface area contributed by atoms with Crippen LogP contribution in [0.25, 0.3) is 0 Å². The van der Waals surface area contributed by atoms with Crippen molar-refractivity contribution in [3.8, 4) is 0 Å². The fourth-order valence-electron chi connectivity index (χ4n) is 3.69. The first-order valence-electron chi connectivity index (χ1n) is 7.69. The van der Waals surface area contributed by atoms with Crippen LogP contribution in [-0.4, -0.2) is 28.7 Å². The van der Waals surface area contributed by atoms with E-state index in [2.05, 4.69) is 12.2 Å². The molecule has 2 aliphatic carbocycles. The Hall–Kier alpha value is -0.610. The molecule has 0 aromatic rings. The average molecular weight is 268 g/mol. The molecule has 110 valence electrons. The predicted molar refractivity (Wildman–Crippen MR) is 75.6 cm³/mol. The molecular formula is C15H28N2O2. The lowest BCUT2D eigenvalue weighted by Crippen LogP contribution is -2.48. The van der Waals surface area contributed by atoms with Crippen LogP contribution in [0.5, 0.6) is 0 Å². The van der Waals surface area contributed by atoms with Crippen LogP contribution in [0.3, 0.4) is 0 Å². The highest BCUT2D eigenvalue weighted by atomic mass is 16.3. The number of aliphatic hydroxyl groups is 1. The largest absolute Gasteiger partial charge is 0.388 e. The standard InChI is InChI=1S/C15H28N2O2/c1-12-5-4-8-15(19,9-12)11-17-13(18)10-14(16)6-2-3-7-14/h12,19H,2-11,16H2,1H3,(H,17,18). The molecule has 4 N–H and O–H groups in total. The molecular weight excluding hydrogens is 240 g/mol. The number of hydrogen-bond acceptors (Lipinski definition) is 3. The van der Waals surface area contributed by atoms with Gasteiger partial charge in [0.2, 0.25) is 5.91 Å². The summed E-state index contributed by atoms with van der Waals surface area (Å²) in [6.07, 6.45) is 8.38. The Morgan fingerprint density at radius 3 is 2.63 bits per heavy atom. The molecule has 2 atom stereocenters. The quantitative estimate of drug-likeness (QED) is 0.726. The molecule has 0 spiro atoms. The maximum atomic E-state index is 12.0. The van der Waals surface area contributed by atoms with Gasteiger partial charge >= 0.3 is 0 Å². The van der Waals surface area contributed by atoms with E-state index in [1.807, 2.05) is 0 Å². The van der Waals surface area contributed by atoms with Gasteiger partial charge in [-0.25, -0.2) is 0 Å². The van der Waals surface area contributed by atoms with Gasteiger partial charge in [0.25, 0.3) is 0 Å². The van der Waals surface area contributed by atoms with E-state index in [4.69, 9.17) is 5.73 Å². The number of carbonyl (C=O) groups is 1. The van der Waals surface area contributed by atoms with E-state index in [0.717, 1.165) is 44.9 Å². The van der Waals surface area contributed by atoms with E-state index in [1.54, 1.807) is 0 Å². The van der Waals surface area contributed by atoms with Crippen molar-refractivity contribution < 1.29 is 9.90 Å². The molecule has 0 bridgehead atoms. The Morgan fingerprint density at radius 2 is 2.00 bits per heavy atom. The fourth-order valence-corrected chi connectivity index (χ4v) is 3.69. The molecule has 0 heterocycles. The van der Waals surface area contributed by atoms with Gasteiger partial charge < -0.3 is 16.2 Å². The Morgan fingerprint density at radius 1 is 1.32 bits per heavy atom. The number of nitrogens with two attached hydrogens (primary N) is 1. The van der Waals surface area contributed by atoms with E-state index >= 15 is 0 Å². The summed E-state index contributed by atoms with van der Waals surface area (Å²) in [4.78, 5) is 12.0. The van der Waals surface area contributed by atoms with Crippen LogP contribution in [0.4, 0.5) is 0 Å². The molecule has 2 aliphatic rings. The van der Waals surface area contributed by atoms with Crippen molar-refractivity contribution in [2.24, 2.45) is 11.7 Å². The molecule has 0 aliphatic heterocycles. The third-order valence-electron chi connectivity index (χ3n) is 4.79. The minimum absolute atomic E-state index is 0.00366. The molecule has 1 amide bonds. The van der Waals surface area contributed by atoms with Crippen molar-refractivity contribution in [2.45, 2.75) is 75.9 Å². The van der Waals surface area contributed by atoms with Gasteiger partial charge in [-0.1, -0.05) is 32.6 Å². The van der Waals surface area contributed by atoms with E-state index in [0.29, 0.717) is 18.9 Å². The van der Waals surface area contributed by atoms with Crippen LogP contribution >= 0.6 is 0 Å². The summed E-state index contributed by atoms with van der Waals surface area (Å²) in [5, 5.41) is 13.4. The highest BCUT2D eigenvalue weighted by molar-refractivity contribution is 5.77. The summed E-state index contributed by atoms with van der Waals surface area (Å²) in [5.41, 5.74) is 5.20. The summed E-state index contributed by atoms with van der Waals surface area (Å²) >= 11 is 0. The van der Waals surface area contributed by atoms with E-state index < -0.39 is 5.60 Å². The van der Waals surface area contributed by atoms with Crippen LogP contribution in [0.1, 0.15) is 64.7 Å². The molecule has 2 fully saturated rings. The zero-order chi connectivity index (χ0) is 13.9. The van der Waals surface area contributed by atoms with Gasteiger partial charge in [-0.3, -0.25) is 4.79 Å². The maximum absolute atomic E-state index is 12.0. The summed E-state index contributed by atoms with van der Waals surface area (Å²) in [7, 11) is 0. The van der Waals surface area contributed by atoms with Crippen LogP contribution in [0.15, 0.2) is 0 Å². The van der Waals surface area contributed by atoms with Crippen molar-refractivity contribution in [1.82, 2.24) is 5.32 Å². The van der Waals surface area contributed by atoms with Crippen molar-refractivity contribution >= 4 is 5.91 Å². The van der Waals surface area contributed by atoms with Crippen molar-refractivity contribution in [3.63, 3.8) is 0 Å². The van der Waals surface area contributed by atoms with Gasteiger partial charge in [-0.05, 0) is 31.6 Å². The maximum Gasteiger partial charge on any atom is 0.221 e. The number of carbonyl (C=O) groups excluding carboxylic acids is 1. The molecule has 4 heteroatoms. The lowest BCUT2D eigenvalue weighted by molar-refractivity contribution is -0.124. The second-order valence-corrected chi connectivity index (χ2v) is 6.95. The molecule has 0 saturated heterocycles. The number of nitrogens with one attached hydrogen (secondary N) is 1. The minimum atomic E-state index is -0.704. The Bertz CT molecular complexity index is 326. The molecule has 2 unspecified atom stereocenters. The van der Waals surface area contributed by atoms with Crippen molar-refractivity contribution in [2.75, 3.05) is 6.54 Å². The average Bonchev–Trinajstić information content (AvgIpc) is 2.73. The first kappa shape index (κ1) is 14.8. The SMILES string of the molecule is CC1CCCC(O)(CNC(=O)CC2(N)CCCC2)C1. The number of amides is 1. The molecule has 0 aromatic carbocycles. The lowest BCUT2D eigenvalue weighted by atomic mass is 9.79. The van der Waals surface area contributed by atoms with Gasteiger partial charge in [0.05, 0.1) is 5.60 Å². The predicted octanol–water partition coefficient (Wildman–Crippen LogP) is 1.71. The van der Waals surface area contributed by atoms with Crippen molar-refractivity contribution in [3.05, 3.63) is 0 Å². The topological polar surface area (TPSA) is 75.3 Å². The second-order valence-electron chi connectivity index (χ2n) is 6.95. The highest BCUT2D eigenvalue weighted by Gasteiger charge is 2.35. The molecule has 2 rings (SSSR count). The van der Waals surface area contributed by atoms with Crippen LogP contribution in [0.2, 0.25) is 0 Å². The van der Waals surface area contributed by atoms with Crippen LogP contribution < -0.4 is 11.1 Å². The molecule has 0 aromatic heterocycles. The van der Waals surface area contributed by atoms with Gasteiger partial charge in [-0.15, -0.1) is 0 Å². The first-order chi connectivity index (χ1) is 8.91. The van der Waals surface area contributed by atoms with E-state index in [-0.39, 0.29) is 11.4 Å². The first-order valence-corrected chi connectivity index (χ1v) is 7.69. The molecule has 4 nitrogen and oxygen atoms in total. The number of rotatable bonds is 4. The smallest absolute Gasteiger partial charge is 0.221 e. The third-order valence-corrected chi connectivity index (χ3v) is 4.79. The monoisotopic (exact) mass is 268 g/mol. The molecule has 19 heavy (non-hydrogen) atoms. The number of hydrogen-bond donors (Lipinski definition) is 3. The van der Waals surface area contributed by atoms with E-state index in [9.17, 15) is 9.90 Å². The van der Waals surface area contributed by atoms with Gasteiger partial charge in [0.1, 0.15) is 0 Å². The van der Waals surface area contributed by atoms with Crippen molar-refractivity contribution in [1.29, 1.82) is 0 Å². The Kier molecular flexibility index (Phi) is 4.51. The van der Waals surface area contributed by atoms with Crippen LogP contribution in [-0.2, 0) is 4.79 Å². The Labute approximate surface area is 116 Å². The zero-order valence-corrected chi connectivity index (χ0v) is 12.1. The van der Waals surface area contributed by atoms with Gasteiger partial charge in [0, 0.05) is 18.5 Å². The summed E-state index contributed by atoms with van der Waals surface area (Å²) < 4.78 is 0. The van der Waals surface area contributed by atoms with Gasteiger partial charge in [0.15, 0.2) is 0 Å². The highest BCUT2D eigenvalue weighted by Crippen LogP contribution is 2.32. The van der Waals surface area contributed by atoms with Crippen LogP contribution in [0, 0.1) is 5.92 Å². The molecule has 2 saturated carbocycles. The minimum Gasteiger partial charge on any atom is -0.388 e. The normalized spacial score (nSPS) is 34.2. The summed E-state index contributed by atoms with van der Waals surface area (Å²) in [6, 6.07) is 0. The fraction of sp³-hybridized carbons (Fsp3) is 0.933. The third kappa shape index (κ3) is 4.18. The summed E-state index contributed by atoms with van der Waals surface area (Å²) in [6.45, 7) is 2.55. The molecule has 0 radical (unpaired) electrons.